The van der Waals surface area contributed by atoms with Gasteiger partial charge in [0.05, 0.1) is 16.9 Å². The van der Waals surface area contributed by atoms with E-state index in [0.29, 0.717) is 41.2 Å². The highest BCUT2D eigenvalue weighted by molar-refractivity contribution is 6.07. The largest absolute Gasteiger partial charge is 0.486 e. The van der Waals surface area contributed by atoms with Gasteiger partial charge in [0, 0.05) is 24.6 Å². The van der Waals surface area contributed by atoms with Crippen molar-refractivity contribution in [1.82, 2.24) is 0 Å². The van der Waals surface area contributed by atoms with Crippen LogP contribution in [0.15, 0.2) is 42.5 Å². The third-order valence-electron chi connectivity index (χ3n) is 6.56. The fourth-order valence-electron chi connectivity index (χ4n) is 4.75. The van der Waals surface area contributed by atoms with E-state index >= 15 is 0 Å². The topological polar surface area (TPSA) is 67.9 Å². The lowest BCUT2D eigenvalue weighted by atomic mass is 9.72. The summed E-state index contributed by atoms with van der Waals surface area (Å²) in [7, 11) is 0. The Morgan fingerprint density at radius 2 is 2.03 bits per heavy atom. The van der Waals surface area contributed by atoms with E-state index < -0.39 is 23.2 Å². The van der Waals surface area contributed by atoms with Crippen LogP contribution in [0.25, 0.3) is 5.57 Å². The molecule has 2 aromatic carbocycles. The molecule has 1 saturated carbocycles. The van der Waals surface area contributed by atoms with Crippen LogP contribution in [0.3, 0.4) is 0 Å². The zero-order valence-corrected chi connectivity index (χ0v) is 18.5. The first kappa shape index (κ1) is 22.3. The Labute approximate surface area is 194 Å². The number of halogens is 3. The molecular weight excluding hydrogens is 449 g/mol. The SMILES string of the molecule is CCN1C(=O)COc2c(NC(=O)C=C3CC4(CCC4)Oc4cc(C(F)(F)F)ccc43)cccc21. The Balaban J connectivity index is 1.46. The molecule has 3 aliphatic rings. The molecule has 2 aliphatic heterocycles. The second-order valence-corrected chi connectivity index (χ2v) is 8.76. The first-order chi connectivity index (χ1) is 16.2. The lowest BCUT2D eigenvalue weighted by molar-refractivity contribution is -0.138. The number of rotatable bonds is 3. The second-order valence-electron chi connectivity index (χ2n) is 8.76. The van der Waals surface area contributed by atoms with Crippen LogP contribution in [0, 0.1) is 0 Å². The van der Waals surface area contributed by atoms with E-state index in [0.717, 1.165) is 31.4 Å². The maximum atomic E-state index is 13.2. The number of anilines is 2. The summed E-state index contributed by atoms with van der Waals surface area (Å²) in [6.07, 6.45) is -0.247. The van der Waals surface area contributed by atoms with E-state index in [1.165, 1.54) is 12.1 Å². The Hall–Kier alpha value is -3.49. The maximum Gasteiger partial charge on any atom is 0.416 e. The van der Waals surface area contributed by atoms with Gasteiger partial charge in [0.15, 0.2) is 12.4 Å². The van der Waals surface area contributed by atoms with Gasteiger partial charge in [-0.25, -0.2) is 0 Å². The number of hydrogen-bond acceptors (Lipinski definition) is 4. The average molecular weight is 472 g/mol. The van der Waals surface area contributed by atoms with Crippen molar-refractivity contribution >= 4 is 28.8 Å². The van der Waals surface area contributed by atoms with Crippen LogP contribution in [0.2, 0.25) is 0 Å². The Kier molecular flexibility index (Phi) is 5.30. The first-order valence-electron chi connectivity index (χ1n) is 11.2. The van der Waals surface area contributed by atoms with E-state index in [9.17, 15) is 22.8 Å². The number of nitrogens with zero attached hydrogens (tertiary/aromatic N) is 1. The van der Waals surface area contributed by atoms with Gasteiger partial charge < -0.3 is 19.7 Å². The molecule has 0 bridgehead atoms. The summed E-state index contributed by atoms with van der Waals surface area (Å²) in [5.74, 6) is -0.0386. The predicted octanol–water partition coefficient (Wildman–Crippen LogP) is 5.18. The number of carbonyl (C=O) groups is 2. The monoisotopic (exact) mass is 472 g/mol. The molecule has 6 nitrogen and oxygen atoms in total. The Morgan fingerprint density at radius 1 is 1.24 bits per heavy atom. The van der Waals surface area contributed by atoms with Gasteiger partial charge in [0.2, 0.25) is 5.91 Å². The minimum absolute atomic E-state index is 0.121. The van der Waals surface area contributed by atoms with Gasteiger partial charge in [-0.2, -0.15) is 13.2 Å². The molecule has 1 fully saturated rings. The molecule has 2 amide bonds. The number of benzene rings is 2. The van der Waals surface area contributed by atoms with Crippen molar-refractivity contribution in [2.75, 3.05) is 23.4 Å². The van der Waals surface area contributed by atoms with Crippen molar-refractivity contribution in [3.05, 3.63) is 53.6 Å². The van der Waals surface area contributed by atoms with Gasteiger partial charge in [0.25, 0.3) is 5.91 Å². The van der Waals surface area contributed by atoms with E-state index in [-0.39, 0.29) is 18.3 Å². The number of fused-ring (bicyclic) bond motifs is 2. The fourth-order valence-corrected chi connectivity index (χ4v) is 4.75. The van der Waals surface area contributed by atoms with E-state index in [4.69, 9.17) is 9.47 Å². The summed E-state index contributed by atoms with van der Waals surface area (Å²) < 4.78 is 51.3. The summed E-state index contributed by atoms with van der Waals surface area (Å²) in [5.41, 5.74) is 0.755. The van der Waals surface area contributed by atoms with Crippen LogP contribution in [-0.2, 0) is 15.8 Å². The molecule has 5 rings (SSSR count). The number of alkyl halides is 3. The molecule has 178 valence electrons. The quantitative estimate of drug-likeness (QED) is 0.626. The van der Waals surface area contributed by atoms with E-state index in [1.54, 1.807) is 23.1 Å². The summed E-state index contributed by atoms with van der Waals surface area (Å²) >= 11 is 0. The second kappa shape index (κ2) is 8.07. The van der Waals surface area contributed by atoms with Crippen molar-refractivity contribution in [2.24, 2.45) is 0 Å². The predicted molar refractivity (Wildman–Crippen MR) is 120 cm³/mol. The molecule has 34 heavy (non-hydrogen) atoms. The highest BCUT2D eigenvalue weighted by atomic mass is 19.4. The van der Waals surface area contributed by atoms with Crippen molar-refractivity contribution in [3.8, 4) is 11.5 Å². The van der Waals surface area contributed by atoms with Crippen LogP contribution < -0.4 is 19.7 Å². The Bertz CT molecular complexity index is 1200. The number of carbonyl (C=O) groups excluding carboxylic acids is 2. The van der Waals surface area contributed by atoms with E-state index in [1.807, 2.05) is 6.92 Å². The molecule has 1 aliphatic carbocycles. The van der Waals surface area contributed by atoms with Gasteiger partial charge in [-0.05, 0) is 56.0 Å². The normalized spacial score (nSPS) is 19.6. The van der Waals surface area contributed by atoms with Gasteiger partial charge in [0.1, 0.15) is 11.4 Å². The lowest BCUT2D eigenvalue weighted by Crippen LogP contribution is -2.45. The van der Waals surface area contributed by atoms with Gasteiger partial charge in [-0.3, -0.25) is 9.59 Å². The smallest absolute Gasteiger partial charge is 0.416 e. The number of ether oxygens (including phenoxy) is 2. The highest BCUT2D eigenvalue weighted by Crippen LogP contribution is 2.50. The van der Waals surface area contributed by atoms with Crippen LogP contribution >= 0.6 is 0 Å². The minimum Gasteiger partial charge on any atom is -0.486 e. The molecule has 9 heteroatoms. The molecule has 1 spiro atoms. The zero-order valence-electron chi connectivity index (χ0n) is 18.5. The number of para-hydroxylation sites is 1. The third-order valence-corrected chi connectivity index (χ3v) is 6.56. The average Bonchev–Trinajstić information content (AvgIpc) is 2.77. The number of likely N-dealkylation sites (N-methyl/N-ethyl adjacent to an activating group) is 1. The number of nitrogens with one attached hydrogen (secondary N) is 1. The Morgan fingerprint density at radius 3 is 2.71 bits per heavy atom. The highest BCUT2D eigenvalue weighted by Gasteiger charge is 2.44. The summed E-state index contributed by atoms with van der Waals surface area (Å²) in [6, 6.07) is 8.53. The molecule has 2 heterocycles. The molecule has 0 aromatic heterocycles. The van der Waals surface area contributed by atoms with Crippen LogP contribution in [0.5, 0.6) is 11.5 Å². The molecule has 0 atom stereocenters. The van der Waals surface area contributed by atoms with Crippen molar-refractivity contribution < 1.29 is 32.2 Å². The van der Waals surface area contributed by atoms with Crippen molar-refractivity contribution in [2.45, 2.75) is 44.4 Å². The van der Waals surface area contributed by atoms with Crippen LogP contribution in [-0.4, -0.2) is 30.6 Å². The lowest BCUT2D eigenvalue weighted by Gasteiger charge is -2.46. The third kappa shape index (κ3) is 3.89. The standard InChI is InChI=1S/C25H23F3N2O4/c1-2-30-19-6-3-5-18(23(19)33-14-22(30)32)29-21(31)11-15-13-24(9-4-10-24)34-20-12-16(25(26,27)28)7-8-17(15)20/h3,5-8,11-12H,2,4,9-10,13-14H2,1H3,(H,29,31). The summed E-state index contributed by atoms with van der Waals surface area (Å²) in [5, 5.41) is 2.81. The van der Waals surface area contributed by atoms with Crippen LogP contribution in [0.1, 0.15) is 43.7 Å². The summed E-state index contributed by atoms with van der Waals surface area (Å²) in [4.78, 5) is 26.7. The zero-order chi connectivity index (χ0) is 24.1. The summed E-state index contributed by atoms with van der Waals surface area (Å²) in [6.45, 7) is 2.20. The molecule has 0 radical (unpaired) electrons. The molecule has 0 saturated heterocycles. The molecule has 1 N–H and O–H groups in total. The van der Waals surface area contributed by atoms with Gasteiger partial charge in [-0.1, -0.05) is 12.1 Å². The van der Waals surface area contributed by atoms with Crippen molar-refractivity contribution in [3.63, 3.8) is 0 Å². The molecular formula is C25H23F3N2O4. The first-order valence-corrected chi connectivity index (χ1v) is 11.2. The fraction of sp³-hybridized carbons (Fsp3) is 0.360. The number of hydrogen-bond donors (Lipinski definition) is 1. The number of amides is 2. The molecule has 0 unspecified atom stereocenters. The van der Waals surface area contributed by atoms with Crippen molar-refractivity contribution in [1.29, 1.82) is 0 Å². The minimum atomic E-state index is -4.48. The van der Waals surface area contributed by atoms with Gasteiger partial charge in [-0.15, -0.1) is 0 Å². The maximum absolute atomic E-state index is 13.2. The molecule has 2 aromatic rings. The van der Waals surface area contributed by atoms with Crippen LogP contribution in [0.4, 0.5) is 24.5 Å². The van der Waals surface area contributed by atoms with Gasteiger partial charge >= 0.3 is 6.18 Å². The van der Waals surface area contributed by atoms with E-state index in [2.05, 4.69) is 5.32 Å².